The first kappa shape index (κ1) is 10.8. The Balaban J connectivity index is 2.45. The SMILES string of the molecule is COCc1cc(=S)nc(-c2cnccn2)[nH]1. The number of ether oxygens (including phenoxy) is 1. The van der Waals surface area contributed by atoms with Crippen LogP contribution < -0.4 is 0 Å². The third-order valence-corrected chi connectivity index (χ3v) is 2.11. The topological polar surface area (TPSA) is 63.7 Å². The summed E-state index contributed by atoms with van der Waals surface area (Å²) < 4.78 is 5.54. The number of aromatic nitrogens is 4. The van der Waals surface area contributed by atoms with Crippen molar-refractivity contribution in [2.45, 2.75) is 6.61 Å². The normalized spacial score (nSPS) is 10.3. The molecular weight excluding hydrogens is 224 g/mol. The van der Waals surface area contributed by atoms with Crippen LogP contribution in [-0.4, -0.2) is 27.0 Å². The first-order valence-electron chi connectivity index (χ1n) is 4.65. The number of nitrogens with one attached hydrogen (secondary N) is 1. The van der Waals surface area contributed by atoms with E-state index in [9.17, 15) is 0 Å². The highest BCUT2D eigenvalue weighted by Crippen LogP contribution is 2.10. The standard InChI is InChI=1S/C10H10N4OS/c1-15-6-7-4-9(16)14-10(13-7)8-5-11-2-3-12-8/h2-5H,6H2,1H3,(H,13,14,16). The lowest BCUT2D eigenvalue weighted by Crippen LogP contribution is -1.98. The van der Waals surface area contributed by atoms with Crippen molar-refractivity contribution in [3.05, 3.63) is 35.0 Å². The average Bonchev–Trinajstić information content (AvgIpc) is 2.30. The molecule has 82 valence electrons. The Morgan fingerprint density at radius 2 is 2.31 bits per heavy atom. The van der Waals surface area contributed by atoms with E-state index in [1.807, 2.05) is 0 Å². The summed E-state index contributed by atoms with van der Waals surface area (Å²) in [5.41, 5.74) is 1.52. The van der Waals surface area contributed by atoms with Gasteiger partial charge in [0.15, 0.2) is 5.82 Å². The number of H-pyrrole nitrogens is 1. The minimum absolute atomic E-state index is 0.458. The number of aromatic amines is 1. The van der Waals surface area contributed by atoms with Gasteiger partial charge in [0.1, 0.15) is 10.3 Å². The molecule has 0 bridgehead atoms. The summed E-state index contributed by atoms with van der Waals surface area (Å²) in [6.45, 7) is 0.458. The maximum absolute atomic E-state index is 5.07. The van der Waals surface area contributed by atoms with Crippen LogP contribution in [0.3, 0.4) is 0 Å². The maximum Gasteiger partial charge on any atom is 0.159 e. The largest absolute Gasteiger partial charge is 0.378 e. The number of hydrogen-bond donors (Lipinski definition) is 1. The first-order valence-corrected chi connectivity index (χ1v) is 5.06. The van der Waals surface area contributed by atoms with Gasteiger partial charge >= 0.3 is 0 Å². The van der Waals surface area contributed by atoms with Gasteiger partial charge < -0.3 is 9.72 Å². The molecule has 0 aliphatic carbocycles. The van der Waals surface area contributed by atoms with Gasteiger partial charge in [0, 0.05) is 25.2 Å². The van der Waals surface area contributed by atoms with Gasteiger partial charge in [-0.3, -0.25) is 4.98 Å². The molecule has 5 nitrogen and oxygen atoms in total. The van der Waals surface area contributed by atoms with E-state index in [-0.39, 0.29) is 0 Å². The van der Waals surface area contributed by atoms with E-state index in [0.717, 1.165) is 5.69 Å². The van der Waals surface area contributed by atoms with Crippen molar-refractivity contribution in [2.24, 2.45) is 0 Å². The molecule has 0 fully saturated rings. The molecule has 0 saturated heterocycles. The molecule has 0 atom stereocenters. The van der Waals surface area contributed by atoms with Crippen LogP contribution in [0.1, 0.15) is 5.69 Å². The predicted molar refractivity (Wildman–Crippen MR) is 61.2 cm³/mol. The number of rotatable bonds is 3. The van der Waals surface area contributed by atoms with E-state index < -0.39 is 0 Å². The molecule has 6 heteroatoms. The van der Waals surface area contributed by atoms with Gasteiger partial charge in [-0.25, -0.2) is 9.97 Å². The van der Waals surface area contributed by atoms with Gasteiger partial charge in [-0.2, -0.15) is 0 Å². The second-order valence-corrected chi connectivity index (χ2v) is 3.54. The Morgan fingerprint density at radius 3 is 3.00 bits per heavy atom. The van der Waals surface area contributed by atoms with Gasteiger partial charge in [0.25, 0.3) is 0 Å². The summed E-state index contributed by atoms with van der Waals surface area (Å²) in [5, 5.41) is 0. The molecule has 2 aromatic rings. The van der Waals surface area contributed by atoms with Crippen LogP contribution in [-0.2, 0) is 11.3 Å². The zero-order chi connectivity index (χ0) is 11.4. The molecule has 2 aromatic heterocycles. The van der Waals surface area contributed by atoms with E-state index in [0.29, 0.717) is 22.8 Å². The van der Waals surface area contributed by atoms with Gasteiger partial charge in [-0.1, -0.05) is 12.2 Å². The fourth-order valence-corrected chi connectivity index (χ4v) is 1.52. The quantitative estimate of drug-likeness (QED) is 0.819. The summed E-state index contributed by atoms with van der Waals surface area (Å²) in [5.74, 6) is 0.604. The molecule has 0 spiro atoms. The molecule has 2 rings (SSSR count). The Kier molecular flexibility index (Phi) is 3.33. The predicted octanol–water partition coefficient (Wildman–Crippen LogP) is 1.74. The van der Waals surface area contributed by atoms with Crippen molar-refractivity contribution in [3.8, 4) is 11.5 Å². The van der Waals surface area contributed by atoms with Crippen molar-refractivity contribution in [3.63, 3.8) is 0 Å². The number of nitrogens with zero attached hydrogens (tertiary/aromatic N) is 3. The lowest BCUT2D eigenvalue weighted by atomic mass is 10.3. The first-order chi connectivity index (χ1) is 7.79. The monoisotopic (exact) mass is 234 g/mol. The molecule has 0 aliphatic heterocycles. The van der Waals surface area contributed by atoms with E-state index in [1.165, 1.54) is 0 Å². The lowest BCUT2D eigenvalue weighted by Gasteiger charge is -2.03. The number of methoxy groups -OCH3 is 1. The smallest absolute Gasteiger partial charge is 0.159 e. The summed E-state index contributed by atoms with van der Waals surface area (Å²) >= 11 is 5.07. The van der Waals surface area contributed by atoms with Gasteiger partial charge in [-0.05, 0) is 6.07 Å². The second kappa shape index (κ2) is 4.91. The summed E-state index contributed by atoms with van der Waals surface area (Å²) in [7, 11) is 1.62. The fourth-order valence-electron chi connectivity index (χ4n) is 1.28. The average molecular weight is 234 g/mol. The van der Waals surface area contributed by atoms with Crippen LogP contribution in [0.15, 0.2) is 24.7 Å². The van der Waals surface area contributed by atoms with Crippen LogP contribution >= 0.6 is 12.2 Å². The molecule has 16 heavy (non-hydrogen) atoms. The van der Waals surface area contributed by atoms with Crippen molar-refractivity contribution >= 4 is 12.2 Å². The third kappa shape index (κ3) is 2.47. The molecule has 0 radical (unpaired) electrons. The Morgan fingerprint density at radius 1 is 1.44 bits per heavy atom. The molecule has 2 heterocycles. The van der Waals surface area contributed by atoms with Crippen LogP contribution in [0.4, 0.5) is 0 Å². The van der Waals surface area contributed by atoms with E-state index >= 15 is 0 Å². The van der Waals surface area contributed by atoms with Crippen molar-refractivity contribution in [1.29, 1.82) is 0 Å². The molecule has 0 unspecified atom stereocenters. The van der Waals surface area contributed by atoms with Gasteiger partial charge in [0.05, 0.1) is 12.8 Å². The highest BCUT2D eigenvalue weighted by atomic mass is 32.1. The van der Waals surface area contributed by atoms with E-state index in [1.54, 1.807) is 31.8 Å². The summed E-state index contributed by atoms with van der Waals surface area (Å²) in [4.78, 5) is 15.4. The fraction of sp³-hybridized carbons (Fsp3) is 0.200. The van der Waals surface area contributed by atoms with Gasteiger partial charge in [0.2, 0.25) is 0 Å². The molecule has 1 N–H and O–H groups in total. The van der Waals surface area contributed by atoms with Crippen molar-refractivity contribution < 1.29 is 4.74 Å². The molecular formula is C10H10N4OS. The zero-order valence-corrected chi connectivity index (χ0v) is 9.49. The molecule has 0 amide bonds. The second-order valence-electron chi connectivity index (χ2n) is 3.12. The molecule has 0 aliphatic rings. The van der Waals surface area contributed by atoms with Crippen LogP contribution in [0.5, 0.6) is 0 Å². The lowest BCUT2D eigenvalue weighted by molar-refractivity contribution is 0.181. The Hall–Kier alpha value is -1.66. The summed E-state index contributed by atoms with van der Waals surface area (Å²) in [6.07, 6.45) is 4.85. The number of hydrogen-bond acceptors (Lipinski definition) is 5. The van der Waals surface area contributed by atoms with Crippen LogP contribution in [0, 0.1) is 4.64 Å². The Labute approximate surface area is 97.6 Å². The highest BCUT2D eigenvalue weighted by molar-refractivity contribution is 7.71. The maximum atomic E-state index is 5.07. The van der Waals surface area contributed by atoms with E-state index in [4.69, 9.17) is 17.0 Å². The van der Waals surface area contributed by atoms with Gasteiger partial charge in [-0.15, -0.1) is 0 Å². The third-order valence-electron chi connectivity index (χ3n) is 1.90. The minimum Gasteiger partial charge on any atom is -0.378 e. The summed E-state index contributed by atoms with van der Waals surface area (Å²) in [6, 6.07) is 1.76. The van der Waals surface area contributed by atoms with Crippen LogP contribution in [0.2, 0.25) is 0 Å². The van der Waals surface area contributed by atoms with Crippen molar-refractivity contribution in [1.82, 2.24) is 19.9 Å². The minimum atomic E-state index is 0.458. The zero-order valence-electron chi connectivity index (χ0n) is 8.67. The Bertz CT molecular complexity index is 526. The van der Waals surface area contributed by atoms with Crippen LogP contribution in [0.25, 0.3) is 11.5 Å². The molecule has 0 aromatic carbocycles. The highest BCUT2D eigenvalue weighted by Gasteiger charge is 2.03. The van der Waals surface area contributed by atoms with Crippen molar-refractivity contribution in [2.75, 3.05) is 7.11 Å². The molecule has 0 saturated carbocycles. The van der Waals surface area contributed by atoms with E-state index in [2.05, 4.69) is 19.9 Å².